The monoisotopic (exact) mass is 1470 g/mol. The lowest BCUT2D eigenvalue weighted by Crippen LogP contribution is -2.61. The van der Waals surface area contributed by atoms with Gasteiger partial charge in [-0.1, -0.05) is 355 Å². The summed E-state index contributed by atoms with van der Waals surface area (Å²) in [5, 5.41) is 4.96. The number of anilines is 6. The Bertz CT molecular complexity index is 6180. The second-order valence-electron chi connectivity index (χ2n) is 38.3. The predicted molar refractivity (Wildman–Crippen MR) is 489 cm³/mol. The highest BCUT2D eigenvalue weighted by molar-refractivity contribution is 7.00. The zero-order chi connectivity index (χ0) is 78.7. The number of hydrogen-bond acceptors (Lipinski definition) is 2. The van der Waals surface area contributed by atoms with Crippen molar-refractivity contribution in [3.8, 4) is 67.0 Å². The van der Waals surface area contributed by atoms with Gasteiger partial charge in [-0.15, -0.1) is 0 Å². The lowest BCUT2D eigenvalue weighted by Gasteiger charge is -2.46. The van der Waals surface area contributed by atoms with Crippen LogP contribution in [0.15, 0.2) is 297 Å². The highest BCUT2D eigenvalue weighted by atomic mass is 15.2. The molecular formula is C108H103BN4. The average Bonchev–Trinajstić information content (AvgIpc) is 1.04. The maximum atomic E-state index is 2.74. The molecule has 2 aliphatic rings. The van der Waals surface area contributed by atoms with E-state index in [9.17, 15) is 0 Å². The Hall–Kier alpha value is -11.7. The molecule has 0 radical (unpaired) electrons. The van der Waals surface area contributed by atoms with E-state index in [0.29, 0.717) is 0 Å². The lowest BCUT2D eigenvalue weighted by molar-refractivity contribution is 0.569. The van der Waals surface area contributed by atoms with Gasteiger partial charge in [-0.3, -0.25) is 0 Å². The molecule has 14 aromatic carbocycles. The largest absolute Gasteiger partial charge is 0.310 e. The van der Waals surface area contributed by atoms with Gasteiger partial charge in [0, 0.05) is 72.2 Å². The molecule has 0 bridgehead atoms. The Morgan fingerprint density at radius 1 is 0.212 bits per heavy atom. The smallest absolute Gasteiger partial charge is 0.252 e. The van der Waals surface area contributed by atoms with Gasteiger partial charge in [-0.2, -0.15) is 0 Å². The Morgan fingerprint density at radius 2 is 0.549 bits per heavy atom. The fourth-order valence-electron chi connectivity index (χ4n) is 18.0. The maximum absolute atomic E-state index is 2.74. The summed E-state index contributed by atoms with van der Waals surface area (Å²) in [6.45, 7) is 42.0. The van der Waals surface area contributed by atoms with Gasteiger partial charge in [0.25, 0.3) is 6.71 Å². The Morgan fingerprint density at radius 3 is 0.929 bits per heavy atom. The highest BCUT2D eigenvalue weighted by Gasteiger charge is 2.46. The molecule has 4 nitrogen and oxygen atoms in total. The first kappa shape index (κ1) is 72.9. The molecule has 0 spiro atoms. The van der Waals surface area contributed by atoms with Crippen LogP contribution in [0.3, 0.4) is 0 Å². The van der Waals surface area contributed by atoms with Crippen molar-refractivity contribution < 1.29 is 0 Å². The van der Waals surface area contributed by atoms with Gasteiger partial charge in [0.1, 0.15) is 0 Å². The molecule has 0 fully saturated rings. The molecule has 0 saturated heterocycles. The van der Waals surface area contributed by atoms with Crippen LogP contribution in [0.4, 0.5) is 34.1 Å². The minimum Gasteiger partial charge on any atom is -0.310 e. The Kier molecular flexibility index (Phi) is 17.1. The molecule has 5 heteroatoms. The van der Waals surface area contributed by atoms with E-state index in [1.165, 1.54) is 105 Å². The number of rotatable bonds is 9. The second kappa shape index (κ2) is 26.5. The minimum atomic E-state index is -0.284. The van der Waals surface area contributed by atoms with E-state index in [1.807, 2.05) is 0 Å². The lowest BCUT2D eigenvalue weighted by atomic mass is 9.33. The fraction of sp³-hybridized carbons (Fsp3) is 0.222. The van der Waals surface area contributed by atoms with Gasteiger partial charge in [-0.05, 0) is 182 Å². The van der Waals surface area contributed by atoms with E-state index >= 15 is 0 Å². The first-order valence-electron chi connectivity index (χ1n) is 40.7. The molecule has 0 aliphatic carbocycles. The average molecular weight is 1470 g/mol. The molecule has 2 aromatic heterocycles. The number of aromatic nitrogens is 2. The molecule has 0 atom stereocenters. The number of benzene rings is 14. The molecule has 16 aromatic rings. The van der Waals surface area contributed by atoms with Gasteiger partial charge in [-0.25, -0.2) is 0 Å². The number of fused-ring (bicyclic) bond motifs is 10. The summed E-state index contributed by atoms with van der Waals surface area (Å²) in [6.07, 6.45) is 0. The van der Waals surface area contributed by atoms with Crippen LogP contribution < -0.4 is 26.2 Å². The van der Waals surface area contributed by atoms with Gasteiger partial charge in [0.2, 0.25) is 0 Å². The van der Waals surface area contributed by atoms with Crippen molar-refractivity contribution >= 4 is 101 Å². The minimum absolute atomic E-state index is 0.0710. The van der Waals surface area contributed by atoms with Crippen molar-refractivity contribution in [3.05, 3.63) is 331 Å². The number of para-hydroxylation sites is 2. The van der Waals surface area contributed by atoms with Crippen LogP contribution in [0.25, 0.3) is 111 Å². The molecule has 113 heavy (non-hydrogen) atoms. The first-order valence-corrected chi connectivity index (χ1v) is 40.7. The van der Waals surface area contributed by atoms with E-state index in [-0.39, 0.29) is 39.2 Å². The molecule has 18 rings (SSSR count). The third kappa shape index (κ3) is 12.5. The predicted octanol–water partition coefficient (Wildman–Crippen LogP) is 28.1. The van der Waals surface area contributed by atoms with Gasteiger partial charge in [0.15, 0.2) is 0 Å². The molecule has 0 N–H and O–H groups in total. The summed E-state index contributed by atoms with van der Waals surface area (Å²) in [7, 11) is 0. The molecule has 558 valence electrons. The van der Waals surface area contributed by atoms with Crippen molar-refractivity contribution in [2.24, 2.45) is 0 Å². The van der Waals surface area contributed by atoms with E-state index in [2.05, 4.69) is 441 Å². The van der Waals surface area contributed by atoms with Crippen molar-refractivity contribution in [1.82, 2.24) is 9.13 Å². The third-order valence-corrected chi connectivity index (χ3v) is 24.4. The van der Waals surface area contributed by atoms with Crippen molar-refractivity contribution in [1.29, 1.82) is 0 Å². The highest BCUT2D eigenvalue weighted by Crippen LogP contribution is 2.55. The Balaban J connectivity index is 1.06. The second-order valence-corrected chi connectivity index (χ2v) is 38.3. The van der Waals surface area contributed by atoms with Gasteiger partial charge in [0.05, 0.1) is 39.1 Å². The number of nitrogens with zero attached hydrogens (tertiary/aromatic N) is 4. The summed E-state index contributed by atoms with van der Waals surface area (Å²) >= 11 is 0. The van der Waals surface area contributed by atoms with Crippen LogP contribution in [-0.4, -0.2) is 15.8 Å². The van der Waals surface area contributed by atoms with E-state index < -0.39 is 0 Å². The van der Waals surface area contributed by atoms with Crippen LogP contribution in [0, 0.1) is 0 Å². The summed E-state index contributed by atoms with van der Waals surface area (Å²) in [5.41, 5.74) is 35.9. The summed E-state index contributed by atoms with van der Waals surface area (Å²) < 4.78 is 5.23. The van der Waals surface area contributed by atoms with Crippen LogP contribution in [-0.2, 0) is 32.5 Å². The summed E-state index contributed by atoms with van der Waals surface area (Å²) in [6, 6.07) is 116. The first-order chi connectivity index (χ1) is 53.8. The van der Waals surface area contributed by atoms with Crippen LogP contribution in [0.1, 0.15) is 158 Å². The summed E-state index contributed by atoms with van der Waals surface area (Å²) in [5.74, 6) is 0. The third-order valence-electron chi connectivity index (χ3n) is 24.4. The van der Waals surface area contributed by atoms with Gasteiger partial charge >= 0.3 is 0 Å². The van der Waals surface area contributed by atoms with E-state index in [1.54, 1.807) is 0 Å². The van der Waals surface area contributed by atoms with Gasteiger partial charge < -0.3 is 18.9 Å². The number of hydrogen-bond donors (Lipinski definition) is 0. The molecule has 0 saturated carbocycles. The van der Waals surface area contributed by atoms with Crippen molar-refractivity contribution in [2.45, 2.75) is 157 Å². The van der Waals surface area contributed by atoms with Crippen LogP contribution in [0.2, 0.25) is 0 Å². The zero-order valence-corrected chi connectivity index (χ0v) is 69.2. The van der Waals surface area contributed by atoms with Crippen molar-refractivity contribution in [3.63, 3.8) is 0 Å². The SMILES string of the molecule is CC(C)(C)c1cc(-c2ccc3c(c2)N(c2c(-c4ccccc4)cccc2-c2ccccc2)c2cc(-n4c5cc(C(C)(C)C)ccc5c5ccc(C(C)(C)C)cc54)cc4c2B3c2ccc(-n3c5ccc(C(C)(C)C)cc5c5cc(C(C)(C)C)ccc53)cc2N4c2c(-c3ccccc3)cccc2-c2ccccc2)cc(C(C)(C)C)c1. The topological polar surface area (TPSA) is 16.3 Å². The molecule has 2 aliphatic heterocycles. The van der Waals surface area contributed by atoms with Crippen molar-refractivity contribution in [2.75, 3.05) is 9.80 Å². The zero-order valence-electron chi connectivity index (χ0n) is 69.2. The standard InChI is InChI=1S/C108H103BN4/c1-103(2,3)74-48-55-92-88(61-74)89-62-75(104(4,5)6)49-56-93(89)110(92)80-50-54-91-97(65-80)113(102-84(70-37-27-21-28-38-70)43-32-44-85(102)71-39-29-22-30-40-71)99-67-81(111-94-63-76(105(7,8)9)46-51-86(94)87-52-47-77(64-95(87)111)106(10,11)12)66-98-100(99)109(91)90-53-45-72(73-57-78(107(13,14)15)60-79(58-73)108(16,17)18)59-96(90)112(98)101-82(68-33-23-19-24-34-68)41-31-42-83(101)69-35-25-20-26-36-69/h19-67H,1-18H3. The quantitative estimate of drug-likeness (QED) is 0.134. The van der Waals surface area contributed by atoms with E-state index in [4.69, 9.17) is 0 Å². The van der Waals surface area contributed by atoms with Crippen LogP contribution >= 0.6 is 0 Å². The molecule has 0 unspecified atom stereocenters. The van der Waals surface area contributed by atoms with Crippen LogP contribution in [0.5, 0.6) is 0 Å². The summed E-state index contributed by atoms with van der Waals surface area (Å²) in [4.78, 5) is 5.48. The molecule has 0 amide bonds. The molecule has 4 heterocycles. The normalized spacial score (nSPS) is 13.3. The fourth-order valence-corrected chi connectivity index (χ4v) is 18.0. The maximum Gasteiger partial charge on any atom is 0.252 e. The molecular weight excluding hydrogens is 1360 g/mol. The Labute approximate surface area is 670 Å². The van der Waals surface area contributed by atoms with E-state index in [0.717, 1.165) is 90.0 Å².